The predicted molar refractivity (Wildman–Crippen MR) is 143 cm³/mol. The lowest BCUT2D eigenvalue weighted by molar-refractivity contribution is -0.115. The molecule has 4 rings (SSSR count). The molecule has 4 aromatic rings. The van der Waals surface area contributed by atoms with E-state index in [9.17, 15) is 14.9 Å². The van der Waals surface area contributed by atoms with E-state index in [4.69, 9.17) is 4.74 Å². The minimum atomic E-state index is -0.513. The zero-order valence-electron chi connectivity index (χ0n) is 19.8. The van der Waals surface area contributed by atoms with Gasteiger partial charge in [0.25, 0.3) is 11.5 Å². The van der Waals surface area contributed by atoms with Gasteiger partial charge >= 0.3 is 0 Å². The Morgan fingerprint density at radius 1 is 1.03 bits per heavy atom. The smallest absolute Gasteiger partial charge is 0.273 e. The van der Waals surface area contributed by atoms with Crippen LogP contribution in [0.25, 0.3) is 17.3 Å². The maximum absolute atomic E-state index is 13.6. The number of para-hydroxylation sites is 2. The van der Waals surface area contributed by atoms with E-state index in [1.165, 1.54) is 4.57 Å². The molecular formula is C29H25N3O3S. The molecule has 0 saturated heterocycles. The summed E-state index contributed by atoms with van der Waals surface area (Å²) in [7, 11) is 0. The molecule has 0 spiro atoms. The van der Waals surface area contributed by atoms with Crippen LogP contribution in [0.5, 0.6) is 5.75 Å². The molecule has 36 heavy (non-hydrogen) atoms. The number of carbonyl (C=O) groups is 1. The van der Waals surface area contributed by atoms with E-state index < -0.39 is 5.91 Å². The van der Waals surface area contributed by atoms with Crippen molar-refractivity contribution >= 4 is 28.9 Å². The molecule has 6 nitrogen and oxygen atoms in total. The second kappa shape index (κ2) is 11.8. The molecule has 1 aromatic heterocycles. The number of hydrogen-bond acceptors (Lipinski definition) is 5. The van der Waals surface area contributed by atoms with Crippen LogP contribution in [0.2, 0.25) is 0 Å². The van der Waals surface area contributed by atoms with E-state index in [0.717, 1.165) is 22.5 Å². The predicted octanol–water partition coefficient (Wildman–Crippen LogP) is 3.16. The maximum atomic E-state index is 13.6. The van der Waals surface area contributed by atoms with Gasteiger partial charge in [-0.15, -0.1) is 11.3 Å². The Labute approximate surface area is 213 Å². The highest BCUT2D eigenvalue weighted by Gasteiger charge is 2.17. The van der Waals surface area contributed by atoms with Crippen LogP contribution in [-0.2, 0) is 11.2 Å². The molecule has 1 heterocycles. The third-order valence-electron chi connectivity index (χ3n) is 5.44. The van der Waals surface area contributed by atoms with E-state index >= 15 is 0 Å². The minimum absolute atomic E-state index is 0.105. The van der Waals surface area contributed by atoms with Crippen molar-refractivity contribution in [1.29, 1.82) is 5.26 Å². The molecule has 1 N–H and O–H groups in total. The van der Waals surface area contributed by atoms with Gasteiger partial charge in [-0.2, -0.15) is 5.26 Å². The summed E-state index contributed by atoms with van der Waals surface area (Å²) < 4.78 is 7.80. The van der Waals surface area contributed by atoms with E-state index in [2.05, 4.69) is 5.32 Å². The zero-order valence-corrected chi connectivity index (χ0v) is 20.6. The first-order valence-corrected chi connectivity index (χ1v) is 12.4. The molecule has 0 bridgehead atoms. The summed E-state index contributed by atoms with van der Waals surface area (Å²) in [5, 5.41) is 12.8. The van der Waals surface area contributed by atoms with Crippen LogP contribution in [0.4, 0.5) is 0 Å². The Kier molecular flexibility index (Phi) is 8.12. The summed E-state index contributed by atoms with van der Waals surface area (Å²) in [4.78, 5) is 26.6. The van der Waals surface area contributed by atoms with E-state index in [0.29, 0.717) is 35.5 Å². The first kappa shape index (κ1) is 24.7. The largest absolute Gasteiger partial charge is 0.493 e. The molecule has 0 aliphatic carbocycles. The zero-order chi connectivity index (χ0) is 25.3. The molecule has 0 aliphatic heterocycles. The molecule has 0 saturated carbocycles. The average molecular weight is 496 g/mol. The molecule has 0 atom stereocenters. The van der Waals surface area contributed by atoms with Gasteiger partial charge in [-0.25, -0.2) is 0 Å². The van der Waals surface area contributed by atoms with Gasteiger partial charge in [-0.1, -0.05) is 66.7 Å². The molecule has 0 radical (unpaired) electrons. The minimum Gasteiger partial charge on any atom is -0.493 e. The highest BCUT2D eigenvalue weighted by atomic mass is 32.1. The topological polar surface area (TPSA) is 84.1 Å². The van der Waals surface area contributed by atoms with E-state index in [-0.39, 0.29) is 15.8 Å². The molecule has 0 aliphatic rings. The fourth-order valence-corrected chi connectivity index (χ4v) is 4.83. The summed E-state index contributed by atoms with van der Waals surface area (Å²) >= 11 is 1.11. The standard InChI is InChI=1S/C29H25N3O3S/c1-2-35-25-16-10-9-13-22(25)19-26-28(34)32(23-14-7-4-8-15-23)29(36-26)24(20-30)27(33)31-18-17-21-11-5-3-6-12-21/h3-16,19H,2,17-18H2,1H3,(H,31,33). The van der Waals surface area contributed by atoms with Crippen molar-refractivity contribution in [3.05, 3.63) is 116 Å². The van der Waals surface area contributed by atoms with Gasteiger partial charge in [0.1, 0.15) is 16.5 Å². The van der Waals surface area contributed by atoms with Gasteiger partial charge in [-0.05, 0) is 43.2 Å². The number of rotatable bonds is 8. The summed E-state index contributed by atoms with van der Waals surface area (Å²) in [5.74, 6) is 0.143. The quantitative estimate of drug-likeness (QED) is 0.407. The SMILES string of the molecule is CCOc1ccccc1C=c1sc(=C(C#N)C(=O)NCCc2ccccc2)n(-c2ccccc2)c1=O. The highest BCUT2D eigenvalue weighted by molar-refractivity contribution is 7.07. The molecule has 0 unspecified atom stereocenters. The summed E-state index contributed by atoms with van der Waals surface area (Å²) in [6.07, 6.45) is 2.37. The fourth-order valence-electron chi connectivity index (χ4n) is 3.74. The third-order valence-corrected chi connectivity index (χ3v) is 6.53. The third kappa shape index (κ3) is 5.62. The first-order valence-electron chi connectivity index (χ1n) is 11.6. The summed E-state index contributed by atoms with van der Waals surface area (Å²) in [6.45, 7) is 2.76. The first-order chi connectivity index (χ1) is 17.6. The normalized spacial score (nSPS) is 12.1. The fraction of sp³-hybridized carbons (Fsp3) is 0.138. The molecule has 3 aromatic carbocycles. The van der Waals surface area contributed by atoms with Crippen molar-refractivity contribution in [3.8, 4) is 17.5 Å². The molecule has 180 valence electrons. The Bertz CT molecular complexity index is 1570. The summed E-state index contributed by atoms with van der Waals surface area (Å²) in [5.41, 5.74) is 1.99. The Morgan fingerprint density at radius 2 is 1.69 bits per heavy atom. The molecule has 1 amide bonds. The summed E-state index contributed by atoms with van der Waals surface area (Å²) in [6, 6.07) is 28.3. The van der Waals surface area contributed by atoms with Crippen molar-refractivity contribution in [3.63, 3.8) is 0 Å². The Hall–Kier alpha value is -4.41. The van der Waals surface area contributed by atoms with Crippen LogP contribution >= 0.6 is 11.3 Å². The molecule has 7 heteroatoms. The number of nitrogens with one attached hydrogen (secondary N) is 1. The lowest BCUT2D eigenvalue weighted by atomic mass is 10.1. The van der Waals surface area contributed by atoms with Crippen LogP contribution in [-0.4, -0.2) is 23.6 Å². The number of ether oxygens (including phenoxy) is 1. The number of thiazole rings is 1. The lowest BCUT2D eigenvalue weighted by Gasteiger charge is -2.06. The van der Waals surface area contributed by atoms with E-state index in [1.807, 2.05) is 85.8 Å². The van der Waals surface area contributed by atoms with Crippen molar-refractivity contribution in [1.82, 2.24) is 9.88 Å². The average Bonchev–Trinajstić information content (AvgIpc) is 3.22. The molecule has 0 fully saturated rings. The second-order valence-corrected chi connectivity index (χ2v) is 8.87. The van der Waals surface area contributed by atoms with Crippen LogP contribution in [0.15, 0.2) is 89.7 Å². The van der Waals surface area contributed by atoms with Gasteiger partial charge < -0.3 is 10.1 Å². The number of amides is 1. The van der Waals surface area contributed by atoms with Crippen molar-refractivity contribution < 1.29 is 9.53 Å². The number of nitrogens with zero attached hydrogens (tertiary/aromatic N) is 2. The number of hydrogen-bond donors (Lipinski definition) is 1. The van der Waals surface area contributed by atoms with Crippen molar-refractivity contribution in [2.24, 2.45) is 0 Å². The second-order valence-electron chi connectivity index (χ2n) is 7.84. The van der Waals surface area contributed by atoms with Gasteiger partial charge in [-0.3, -0.25) is 14.2 Å². The highest BCUT2D eigenvalue weighted by Crippen LogP contribution is 2.18. The monoisotopic (exact) mass is 495 g/mol. The maximum Gasteiger partial charge on any atom is 0.273 e. The number of carbonyl (C=O) groups excluding carboxylic acids is 1. The lowest BCUT2D eigenvalue weighted by Crippen LogP contribution is -2.34. The van der Waals surface area contributed by atoms with E-state index in [1.54, 1.807) is 18.2 Å². The van der Waals surface area contributed by atoms with Crippen molar-refractivity contribution in [2.75, 3.05) is 13.2 Å². The number of nitriles is 1. The van der Waals surface area contributed by atoms with Crippen molar-refractivity contribution in [2.45, 2.75) is 13.3 Å². The van der Waals surface area contributed by atoms with Gasteiger partial charge in [0.15, 0.2) is 5.57 Å². The van der Waals surface area contributed by atoms with Crippen LogP contribution in [0.3, 0.4) is 0 Å². The van der Waals surface area contributed by atoms with Gasteiger partial charge in [0.05, 0.1) is 16.8 Å². The van der Waals surface area contributed by atoms with Crippen LogP contribution in [0, 0.1) is 11.3 Å². The van der Waals surface area contributed by atoms with Crippen LogP contribution < -0.4 is 24.8 Å². The van der Waals surface area contributed by atoms with Crippen LogP contribution in [0.1, 0.15) is 18.1 Å². The Morgan fingerprint density at radius 3 is 2.39 bits per heavy atom. The van der Waals surface area contributed by atoms with Gasteiger partial charge in [0.2, 0.25) is 0 Å². The van der Waals surface area contributed by atoms with Gasteiger partial charge in [0, 0.05) is 12.1 Å². The number of benzene rings is 3. The Balaban J connectivity index is 1.82. The number of aromatic nitrogens is 1. The molecular weight excluding hydrogens is 470 g/mol.